The SMILES string of the molecule is Cc1ccncc1NC(=O)N1CC(=O)NCC1C(=O)O. The Labute approximate surface area is 114 Å². The molecule has 8 nitrogen and oxygen atoms in total. The van der Waals surface area contributed by atoms with E-state index in [1.165, 1.54) is 6.20 Å². The predicted octanol–water partition coefficient (Wildman–Crippen LogP) is -0.193. The molecule has 2 rings (SSSR count). The molecule has 1 aromatic rings. The minimum absolute atomic E-state index is 0.104. The third-order valence-electron chi connectivity index (χ3n) is 3.01. The van der Waals surface area contributed by atoms with Gasteiger partial charge in [0.15, 0.2) is 0 Å². The van der Waals surface area contributed by atoms with Gasteiger partial charge in [-0.15, -0.1) is 0 Å². The van der Waals surface area contributed by atoms with Gasteiger partial charge in [0.2, 0.25) is 5.91 Å². The molecule has 2 heterocycles. The maximum absolute atomic E-state index is 12.1. The average molecular weight is 278 g/mol. The predicted molar refractivity (Wildman–Crippen MR) is 69.1 cm³/mol. The van der Waals surface area contributed by atoms with Crippen LogP contribution < -0.4 is 10.6 Å². The molecule has 106 valence electrons. The molecule has 1 aliphatic heterocycles. The maximum atomic E-state index is 12.1. The summed E-state index contributed by atoms with van der Waals surface area (Å²) in [5, 5.41) is 14.1. The lowest BCUT2D eigenvalue weighted by Crippen LogP contribution is -2.60. The zero-order valence-corrected chi connectivity index (χ0v) is 10.8. The first-order valence-corrected chi connectivity index (χ1v) is 5.97. The van der Waals surface area contributed by atoms with E-state index in [2.05, 4.69) is 15.6 Å². The van der Waals surface area contributed by atoms with E-state index in [4.69, 9.17) is 5.11 Å². The number of pyridine rings is 1. The number of aryl methyl sites for hydroxylation is 1. The van der Waals surface area contributed by atoms with Gasteiger partial charge >= 0.3 is 12.0 Å². The highest BCUT2D eigenvalue weighted by molar-refractivity contribution is 5.96. The Morgan fingerprint density at radius 2 is 2.30 bits per heavy atom. The topological polar surface area (TPSA) is 112 Å². The molecule has 0 bridgehead atoms. The van der Waals surface area contributed by atoms with Crippen molar-refractivity contribution in [2.24, 2.45) is 0 Å². The number of aromatic nitrogens is 1. The molecular formula is C12H14N4O4. The number of carbonyl (C=O) groups is 3. The van der Waals surface area contributed by atoms with Crippen molar-refractivity contribution in [1.82, 2.24) is 15.2 Å². The summed E-state index contributed by atoms with van der Waals surface area (Å²) in [4.78, 5) is 39.4. The Hall–Kier alpha value is -2.64. The smallest absolute Gasteiger partial charge is 0.328 e. The fourth-order valence-electron chi connectivity index (χ4n) is 1.86. The van der Waals surface area contributed by atoms with Crippen LogP contribution >= 0.6 is 0 Å². The molecule has 0 saturated carbocycles. The number of nitrogens with one attached hydrogen (secondary N) is 2. The number of urea groups is 1. The van der Waals surface area contributed by atoms with Gasteiger partial charge in [-0.3, -0.25) is 14.7 Å². The van der Waals surface area contributed by atoms with Gasteiger partial charge in [-0.05, 0) is 18.6 Å². The summed E-state index contributed by atoms with van der Waals surface area (Å²) < 4.78 is 0. The lowest BCUT2D eigenvalue weighted by Gasteiger charge is -2.32. The van der Waals surface area contributed by atoms with Crippen molar-refractivity contribution in [1.29, 1.82) is 0 Å². The van der Waals surface area contributed by atoms with Crippen LogP contribution in [0.5, 0.6) is 0 Å². The second kappa shape index (κ2) is 5.55. The van der Waals surface area contributed by atoms with Crippen LogP contribution in [0.15, 0.2) is 18.5 Å². The van der Waals surface area contributed by atoms with Gasteiger partial charge in [0.25, 0.3) is 0 Å². The van der Waals surface area contributed by atoms with Crippen LogP contribution in [0.4, 0.5) is 10.5 Å². The van der Waals surface area contributed by atoms with Gasteiger partial charge in [0, 0.05) is 12.7 Å². The summed E-state index contributed by atoms with van der Waals surface area (Å²) in [6.45, 7) is 1.39. The number of hydrogen-bond acceptors (Lipinski definition) is 4. The zero-order valence-electron chi connectivity index (χ0n) is 10.8. The molecule has 3 amide bonds. The minimum atomic E-state index is -1.16. The highest BCUT2D eigenvalue weighted by Crippen LogP contribution is 2.14. The number of anilines is 1. The minimum Gasteiger partial charge on any atom is -0.480 e. The van der Waals surface area contributed by atoms with Gasteiger partial charge in [0.1, 0.15) is 12.6 Å². The molecule has 1 unspecified atom stereocenters. The second-order valence-electron chi connectivity index (χ2n) is 4.41. The number of carboxylic acid groups (broad SMARTS) is 1. The molecule has 1 aromatic heterocycles. The number of carbonyl (C=O) groups excluding carboxylic acids is 2. The number of rotatable bonds is 2. The fraction of sp³-hybridized carbons (Fsp3) is 0.333. The molecule has 0 aliphatic carbocycles. The highest BCUT2D eigenvalue weighted by atomic mass is 16.4. The van der Waals surface area contributed by atoms with Crippen LogP contribution in [0.2, 0.25) is 0 Å². The number of aliphatic carboxylic acids is 1. The van der Waals surface area contributed by atoms with E-state index >= 15 is 0 Å². The molecule has 1 atom stereocenters. The van der Waals surface area contributed by atoms with Gasteiger partial charge in [-0.1, -0.05) is 0 Å². The summed E-state index contributed by atoms with van der Waals surface area (Å²) in [7, 11) is 0. The van der Waals surface area contributed by atoms with Gasteiger partial charge < -0.3 is 15.7 Å². The van der Waals surface area contributed by atoms with Crippen molar-refractivity contribution >= 4 is 23.6 Å². The van der Waals surface area contributed by atoms with Crippen molar-refractivity contribution in [2.75, 3.05) is 18.4 Å². The van der Waals surface area contributed by atoms with Crippen LogP contribution in [-0.4, -0.2) is 52.0 Å². The van der Waals surface area contributed by atoms with E-state index in [1.54, 1.807) is 19.2 Å². The lowest BCUT2D eigenvalue weighted by atomic mass is 10.2. The number of hydrogen-bond donors (Lipinski definition) is 3. The molecule has 20 heavy (non-hydrogen) atoms. The Morgan fingerprint density at radius 1 is 1.55 bits per heavy atom. The molecule has 0 aromatic carbocycles. The van der Waals surface area contributed by atoms with Gasteiger partial charge in [-0.25, -0.2) is 9.59 Å². The van der Waals surface area contributed by atoms with Crippen LogP contribution in [0, 0.1) is 6.92 Å². The Morgan fingerprint density at radius 3 is 2.95 bits per heavy atom. The molecule has 8 heteroatoms. The fourth-order valence-corrected chi connectivity index (χ4v) is 1.86. The number of carboxylic acids is 1. The van der Waals surface area contributed by atoms with E-state index in [0.717, 1.165) is 10.5 Å². The second-order valence-corrected chi connectivity index (χ2v) is 4.41. The third kappa shape index (κ3) is 2.85. The van der Waals surface area contributed by atoms with E-state index in [9.17, 15) is 14.4 Å². The summed E-state index contributed by atoms with van der Waals surface area (Å²) in [6, 6.07) is 0.000691. The first kappa shape index (κ1) is 13.8. The number of nitrogens with zero attached hydrogens (tertiary/aromatic N) is 2. The van der Waals surface area contributed by atoms with E-state index in [-0.39, 0.29) is 19.0 Å². The van der Waals surface area contributed by atoms with Crippen molar-refractivity contribution in [2.45, 2.75) is 13.0 Å². The first-order chi connectivity index (χ1) is 9.49. The van der Waals surface area contributed by atoms with Crippen LogP contribution in [0.3, 0.4) is 0 Å². The quantitative estimate of drug-likeness (QED) is 0.694. The molecule has 1 saturated heterocycles. The summed E-state index contributed by atoms with van der Waals surface area (Å²) in [6.07, 6.45) is 3.05. The van der Waals surface area contributed by atoms with Crippen molar-refractivity contribution in [3.05, 3.63) is 24.0 Å². The molecule has 0 spiro atoms. The third-order valence-corrected chi connectivity index (χ3v) is 3.01. The van der Waals surface area contributed by atoms with Gasteiger partial charge in [0.05, 0.1) is 11.9 Å². The largest absolute Gasteiger partial charge is 0.480 e. The zero-order chi connectivity index (χ0) is 14.7. The van der Waals surface area contributed by atoms with Crippen molar-refractivity contribution in [3.8, 4) is 0 Å². The van der Waals surface area contributed by atoms with Crippen molar-refractivity contribution < 1.29 is 19.5 Å². The average Bonchev–Trinajstić information content (AvgIpc) is 2.40. The standard InChI is InChI=1S/C12H14N4O4/c1-7-2-3-13-4-8(7)15-12(20)16-6-10(17)14-5-9(16)11(18)19/h2-4,9H,5-6H2,1H3,(H,14,17)(H,15,20)(H,18,19). The number of piperazine rings is 1. The monoisotopic (exact) mass is 278 g/mol. The van der Waals surface area contributed by atoms with E-state index < -0.39 is 18.0 Å². The molecule has 3 N–H and O–H groups in total. The maximum Gasteiger partial charge on any atom is 0.328 e. The van der Waals surface area contributed by atoms with Crippen LogP contribution in [0.1, 0.15) is 5.56 Å². The van der Waals surface area contributed by atoms with E-state index in [1.807, 2.05) is 0 Å². The highest BCUT2D eigenvalue weighted by Gasteiger charge is 2.35. The van der Waals surface area contributed by atoms with Gasteiger partial charge in [-0.2, -0.15) is 0 Å². The molecule has 1 fully saturated rings. The Bertz CT molecular complexity index is 560. The van der Waals surface area contributed by atoms with E-state index in [0.29, 0.717) is 5.69 Å². The summed E-state index contributed by atoms with van der Waals surface area (Å²) in [5.41, 5.74) is 1.27. The molecule has 1 aliphatic rings. The normalized spacial score (nSPS) is 18.4. The Kier molecular flexibility index (Phi) is 3.83. The first-order valence-electron chi connectivity index (χ1n) is 5.97. The Balaban J connectivity index is 2.15. The van der Waals surface area contributed by atoms with Crippen LogP contribution in [-0.2, 0) is 9.59 Å². The summed E-state index contributed by atoms with van der Waals surface area (Å²) >= 11 is 0. The summed E-state index contributed by atoms with van der Waals surface area (Å²) in [5.74, 6) is -1.55. The molecular weight excluding hydrogens is 264 g/mol. The molecule has 0 radical (unpaired) electrons. The van der Waals surface area contributed by atoms with Crippen molar-refractivity contribution in [3.63, 3.8) is 0 Å². The van der Waals surface area contributed by atoms with Crippen LogP contribution in [0.25, 0.3) is 0 Å². The lowest BCUT2D eigenvalue weighted by molar-refractivity contribution is -0.144. The number of amides is 3.